The molecule has 1 aromatic heterocycles. The third kappa shape index (κ3) is 9.29. The van der Waals surface area contributed by atoms with Crippen molar-refractivity contribution < 1.29 is 14.4 Å². The largest absolute Gasteiger partial charge is 0.321 e. The fourth-order valence-corrected chi connectivity index (χ4v) is 6.15. The fraction of sp³-hybridized carbons (Fsp3) is 0.0303. The van der Waals surface area contributed by atoms with Crippen LogP contribution in [0.25, 0.3) is 17.3 Å². The topological polar surface area (TPSA) is 100 Å². The van der Waals surface area contributed by atoms with Crippen molar-refractivity contribution in [1.82, 2.24) is 10.3 Å². The fourth-order valence-electron chi connectivity index (χ4n) is 3.96. The first kappa shape index (κ1) is 32.5. The van der Waals surface area contributed by atoms with E-state index in [9.17, 15) is 14.4 Å². The number of amides is 3. The maximum atomic E-state index is 13.3. The maximum absolute atomic E-state index is 13.3. The standard InChI is InChI=1S/C33H23BrCl2N4O3S2/c34-22-8-6-20(7-9-22)16-28(38-31(42)21-4-2-1-3-5-21)32(43)37-24-11-13-25(14-12-24)44-19-30(41)40-33-39-29(18-45-33)26-15-10-23(35)17-27(26)36/h1-18H,19H2,(H,37,43)(H,38,42)(H,39,40,41)/b28-16-. The summed E-state index contributed by atoms with van der Waals surface area (Å²) in [6, 6.07) is 28.3. The Labute approximate surface area is 286 Å². The van der Waals surface area contributed by atoms with E-state index in [1.807, 2.05) is 35.7 Å². The van der Waals surface area contributed by atoms with E-state index in [-0.39, 0.29) is 17.4 Å². The van der Waals surface area contributed by atoms with Crippen LogP contribution in [0.2, 0.25) is 10.0 Å². The average molecular weight is 739 g/mol. The third-order valence-corrected chi connectivity index (χ3v) is 9.00. The van der Waals surface area contributed by atoms with Crippen LogP contribution in [0.15, 0.2) is 118 Å². The summed E-state index contributed by atoms with van der Waals surface area (Å²) in [6.45, 7) is 0. The molecule has 0 unspecified atom stereocenters. The van der Waals surface area contributed by atoms with Crippen LogP contribution in [0, 0.1) is 0 Å². The lowest BCUT2D eigenvalue weighted by Crippen LogP contribution is -2.30. The van der Waals surface area contributed by atoms with E-state index in [0.29, 0.717) is 32.1 Å². The first-order valence-corrected chi connectivity index (χ1v) is 16.7. The number of aromatic nitrogens is 1. The Kier molecular flexibility index (Phi) is 11.1. The van der Waals surface area contributed by atoms with Crippen LogP contribution in [0.1, 0.15) is 15.9 Å². The number of anilines is 2. The lowest BCUT2D eigenvalue weighted by molar-refractivity contribution is -0.114. The minimum atomic E-state index is -0.482. The van der Waals surface area contributed by atoms with Gasteiger partial charge in [0, 0.05) is 36.6 Å². The molecule has 0 radical (unpaired) electrons. The molecule has 4 aromatic carbocycles. The van der Waals surface area contributed by atoms with Crippen LogP contribution in [0.5, 0.6) is 0 Å². The number of halogens is 3. The van der Waals surface area contributed by atoms with Crippen molar-refractivity contribution in [2.75, 3.05) is 16.4 Å². The van der Waals surface area contributed by atoms with Crippen molar-refractivity contribution >= 4 is 96.8 Å². The lowest BCUT2D eigenvalue weighted by Gasteiger charge is -2.12. The van der Waals surface area contributed by atoms with Crippen molar-refractivity contribution in [2.45, 2.75) is 4.90 Å². The molecule has 3 N–H and O–H groups in total. The normalized spacial score (nSPS) is 11.1. The van der Waals surface area contributed by atoms with Gasteiger partial charge < -0.3 is 16.0 Å². The minimum absolute atomic E-state index is 0.0879. The number of nitrogens with zero attached hydrogens (tertiary/aromatic N) is 1. The third-order valence-electron chi connectivity index (χ3n) is 6.15. The highest BCUT2D eigenvalue weighted by Gasteiger charge is 2.16. The summed E-state index contributed by atoms with van der Waals surface area (Å²) < 4.78 is 0.895. The van der Waals surface area contributed by atoms with Gasteiger partial charge in [0.2, 0.25) is 5.91 Å². The monoisotopic (exact) mass is 736 g/mol. The number of thiazole rings is 1. The summed E-state index contributed by atoms with van der Waals surface area (Å²) in [5.74, 6) is -0.933. The highest BCUT2D eigenvalue weighted by Crippen LogP contribution is 2.32. The molecule has 0 saturated carbocycles. The number of benzene rings is 4. The van der Waals surface area contributed by atoms with E-state index in [1.54, 1.807) is 72.8 Å². The Hall–Kier alpha value is -3.93. The molecule has 5 aromatic rings. The van der Waals surface area contributed by atoms with E-state index in [1.165, 1.54) is 23.1 Å². The van der Waals surface area contributed by atoms with Crippen molar-refractivity contribution in [3.63, 3.8) is 0 Å². The lowest BCUT2D eigenvalue weighted by atomic mass is 10.1. The number of carbonyl (C=O) groups is 3. The van der Waals surface area contributed by atoms with Crippen molar-refractivity contribution in [3.8, 4) is 11.3 Å². The molecule has 45 heavy (non-hydrogen) atoms. The molecule has 0 bridgehead atoms. The molecule has 0 aliphatic rings. The van der Waals surface area contributed by atoms with Crippen molar-refractivity contribution in [2.24, 2.45) is 0 Å². The second-order valence-corrected chi connectivity index (χ2v) is 13.1. The first-order chi connectivity index (χ1) is 21.7. The molecular weight excluding hydrogens is 715 g/mol. The Morgan fingerprint density at radius 2 is 1.62 bits per heavy atom. The molecule has 0 atom stereocenters. The summed E-state index contributed by atoms with van der Waals surface area (Å²) in [4.78, 5) is 44.0. The Bertz CT molecular complexity index is 1870. The van der Waals surface area contributed by atoms with E-state index in [4.69, 9.17) is 23.2 Å². The highest BCUT2D eigenvalue weighted by atomic mass is 79.9. The maximum Gasteiger partial charge on any atom is 0.272 e. The number of thioether (sulfide) groups is 1. The van der Waals surface area contributed by atoms with E-state index in [0.717, 1.165) is 20.5 Å². The summed E-state index contributed by atoms with van der Waals surface area (Å²) in [5.41, 5.74) is 3.17. The van der Waals surface area contributed by atoms with Gasteiger partial charge in [-0.05, 0) is 78.4 Å². The minimum Gasteiger partial charge on any atom is -0.321 e. The molecule has 0 aliphatic carbocycles. The predicted molar refractivity (Wildman–Crippen MR) is 188 cm³/mol. The summed E-state index contributed by atoms with van der Waals surface area (Å²) in [6.07, 6.45) is 1.61. The molecule has 226 valence electrons. The van der Waals surface area contributed by atoms with Gasteiger partial charge in [0.25, 0.3) is 11.8 Å². The smallest absolute Gasteiger partial charge is 0.272 e. The SMILES string of the molecule is O=C(CSc1ccc(NC(=O)/C(=C/c2ccc(Br)cc2)NC(=O)c2ccccc2)cc1)Nc1nc(-c2ccc(Cl)cc2Cl)cs1. The summed E-state index contributed by atoms with van der Waals surface area (Å²) >= 11 is 18.3. The van der Waals surface area contributed by atoms with Crippen LogP contribution >= 0.6 is 62.2 Å². The molecular formula is C33H23BrCl2N4O3S2. The Balaban J connectivity index is 1.18. The zero-order valence-corrected chi connectivity index (χ0v) is 28.0. The highest BCUT2D eigenvalue weighted by molar-refractivity contribution is 9.10. The quantitative estimate of drug-likeness (QED) is 0.0982. The van der Waals surface area contributed by atoms with Gasteiger partial charge in [-0.3, -0.25) is 14.4 Å². The molecule has 1 heterocycles. The van der Waals surface area contributed by atoms with Crippen LogP contribution in [-0.2, 0) is 9.59 Å². The first-order valence-electron chi connectivity index (χ1n) is 13.3. The Morgan fingerprint density at radius 3 is 2.33 bits per heavy atom. The molecule has 0 fully saturated rings. The van der Waals surface area contributed by atoms with Crippen LogP contribution in [-0.4, -0.2) is 28.5 Å². The average Bonchev–Trinajstić information content (AvgIpc) is 3.49. The number of rotatable bonds is 10. The zero-order chi connectivity index (χ0) is 31.8. The van der Waals surface area contributed by atoms with Crippen molar-refractivity contribution in [3.05, 3.63) is 134 Å². The van der Waals surface area contributed by atoms with Crippen LogP contribution in [0.3, 0.4) is 0 Å². The van der Waals surface area contributed by atoms with Gasteiger partial charge in [-0.25, -0.2) is 4.98 Å². The van der Waals surface area contributed by atoms with Gasteiger partial charge >= 0.3 is 0 Å². The molecule has 5 rings (SSSR count). The number of nitrogens with one attached hydrogen (secondary N) is 3. The summed E-state index contributed by atoms with van der Waals surface area (Å²) in [5, 5.41) is 11.7. The molecule has 3 amide bonds. The van der Waals surface area contributed by atoms with Crippen LogP contribution in [0.4, 0.5) is 10.8 Å². The Morgan fingerprint density at radius 1 is 0.889 bits per heavy atom. The van der Waals surface area contributed by atoms with E-state index in [2.05, 4.69) is 36.9 Å². The molecule has 12 heteroatoms. The van der Waals surface area contributed by atoms with Crippen molar-refractivity contribution in [1.29, 1.82) is 0 Å². The number of carbonyl (C=O) groups excluding carboxylic acids is 3. The van der Waals surface area contributed by atoms with Crippen LogP contribution < -0.4 is 16.0 Å². The van der Waals surface area contributed by atoms with Gasteiger partial charge in [0.1, 0.15) is 5.70 Å². The van der Waals surface area contributed by atoms with E-state index < -0.39 is 11.8 Å². The van der Waals surface area contributed by atoms with Gasteiger partial charge in [-0.2, -0.15) is 0 Å². The van der Waals surface area contributed by atoms with E-state index >= 15 is 0 Å². The number of hydrogen-bond donors (Lipinski definition) is 3. The zero-order valence-electron chi connectivity index (χ0n) is 23.2. The van der Waals surface area contributed by atoms with Gasteiger partial charge in [-0.15, -0.1) is 23.1 Å². The summed E-state index contributed by atoms with van der Waals surface area (Å²) in [7, 11) is 0. The van der Waals surface area contributed by atoms with Gasteiger partial charge in [0.15, 0.2) is 5.13 Å². The second kappa shape index (κ2) is 15.4. The molecule has 0 spiro atoms. The number of hydrogen-bond acceptors (Lipinski definition) is 6. The molecule has 0 saturated heterocycles. The predicted octanol–water partition coefficient (Wildman–Crippen LogP) is 9.02. The molecule has 0 aliphatic heterocycles. The molecule has 7 nitrogen and oxygen atoms in total. The van der Waals surface area contributed by atoms with Gasteiger partial charge in [-0.1, -0.05) is 69.5 Å². The second-order valence-electron chi connectivity index (χ2n) is 9.41. The van der Waals surface area contributed by atoms with Gasteiger partial charge in [0.05, 0.1) is 16.5 Å².